The van der Waals surface area contributed by atoms with Crippen LogP contribution in [0.25, 0.3) is 5.78 Å². The van der Waals surface area contributed by atoms with Crippen LogP contribution in [0.1, 0.15) is 28.1 Å². The topological polar surface area (TPSA) is 124 Å². The zero-order valence-electron chi connectivity index (χ0n) is 15.1. The monoisotopic (exact) mass is 393 g/mol. The van der Waals surface area contributed by atoms with Crippen LogP contribution in [0.3, 0.4) is 0 Å². The van der Waals surface area contributed by atoms with Crippen molar-refractivity contribution in [3.63, 3.8) is 0 Å². The average Bonchev–Trinajstić information content (AvgIpc) is 2.98. The predicted octanol–water partition coefficient (Wildman–Crippen LogP) is 1.98. The number of anilines is 2. The van der Waals surface area contributed by atoms with Crippen molar-refractivity contribution in [2.75, 3.05) is 11.1 Å². The Kier molecular flexibility index (Phi) is 4.94. The fourth-order valence-corrected chi connectivity index (χ4v) is 2.89. The summed E-state index contributed by atoms with van der Waals surface area (Å²) in [5.74, 6) is -0.139. The van der Waals surface area contributed by atoms with E-state index in [0.29, 0.717) is 22.7 Å². The molecule has 5 N–H and O–H groups in total. The van der Waals surface area contributed by atoms with Crippen LogP contribution in [-0.2, 0) is 23.9 Å². The summed E-state index contributed by atoms with van der Waals surface area (Å²) in [5.41, 5.74) is 12.2. The summed E-state index contributed by atoms with van der Waals surface area (Å²) in [6.45, 7) is 3.35. The van der Waals surface area contributed by atoms with Crippen LogP contribution in [0, 0.1) is 13.8 Å². The Morgan fingerprint density at radius 1 is 1.21 bits per heavy atom. The number of benzene rings is 1. The van der Waals surface area contributed by atoms with Gasteiger partial charge in [-0.2, -0.15) is 22.7 Å². The molecule has 0 spiro atoms. The molecule has 1 aromatic carbocycles. The molecule has 0 fully saturated rings. The fourth-order valence-electron chi connectivity index (χ4n) is 2.89. The Labute approximate surface area is 157 Å². The molecule has 28 heavy (non-hydrogen) atoms. The number of fused-ring (bicyclic) bond motifs is 1. The Balaban J connectivity index is 1.88. The van der Waals surface area contributed by atoms with E-state index >= 15 is 0 Å². The predicted molar refractivity (Wildman–Crippen MR) is 96.3 cm³/mol. The fraction of sp³-hybridized carbons (Fsp3) is 0.294. The Morgan fingerprint density at radius 3 is 2.57 bits per heavy atom. The Bertz CT molecular complexity index is 1060. The molecule has 8 nitrogen and oxygen atoms in total. The quantitative estimate of drug-likeness (QED) is 0.623. The molecular formula is C17H18F3N7O. The number of halogens is 3. The highest BCUT2D eigenvalue weighted by molar-refractivity contribution is 5.92. The van der Waals surface area contributed by atoms with Gasteiger partial charge in [0.05, 0.1) is 12.0 Å². The lowest BCUT2D eigenvalue weighted by Crippen LogP contribution is -2.18. The van der Waals surface area contributed by atoms with Gasteiger partial charge in [-0.3, -0.25) is 4.79 Å². The average molecular weight is 393 g/mol. The first-order valence-electron chi connectivity index (χ1n) is 8.28. The molecule has 148 valence electrons. The maximum Gasteiger partial charge on any atom is 0.416 e. The van der Waals surface area contributed by atoms with Crippen molar-refractivity contribution in [1.82, 2.24) is 19.6 Å². The van der Waals surface area contributed by atoms with Crippen molar-refractivity contribution < 1.29 is 18.0 Å². The first kappa shape index (κ1) is 19.5. The maximum absolute atomic E-state index is 13.0. The molecule has 0 radical (unpaired) electrons. The van der Waals surface area contributed by atoms with Crippen LogP contribution in [0.2, 0.25) is 0 Å². The molecule has 0 bridgehead atoms. The maximum atomic E-state index is 13.0. The lowest BCUT2D eigenvalue weighted by molar-refractivity contribution is -0.137. The number of hydrogen-bond acceptors (Lipinski definition) is 6. The minimum absolute atomic E-state index is 0.0228. The molecule has 0 saturated heterocycles. The molecule has 1 amide bonds. The molecule has 0 aliphatic heterocycles. The Morgan fingerprint density at radius 2 is 1.93 bits per heavy atom. The second kappa shape index (κ2) is 7.08. The summed E-state index contributed by atoms with van der Waals surface area (Å²) in [5, 5.41) is 6.51. The number of aromatic nitrogens is 4. The molecule has 11 heteroatoms. The highest BCUT2D eigenvalue weighted by Gasteiger charge is 2.31. The number of nitrogens with zero attached hydrogens (tertiary/aromatic N) is 4. The van der Waals surface area contributed by atoms with E-state index in [2.05, 4.69) is 20.4 Å². The summed E-state index contributed by atoms with van der Waals surface area (Å²) in [6, 6.07) is 3.24. The van der Waals surface area contributed by atoms with Crippen LogP contribution in [-0.4, -0.2) is 25.5 Å². The molecule has 0 unspecified atom stereocenters. The van der Waals surface area contributed by atoms with Gasteiger partial charge in [-0.15, -0.1) is 5.10 Å². The molecule has 0 aliphatic carbocycles. The minimum Gasteiger partial charge on any atom is -0.366 e. The summed E-state index contributed by atoms with van der Waals surface area (Å²) in [4.78, 5) is 20.7. The summed E-state index contributed by atoms with van der Waals surface area (Å²) >= 11 is 0. The lowest BCUT2D eigenvalue weighted by Gasteiger charge is -2.14. The lowest BCUT2D eigenvalue weighted by atomic mass is 10.1. The van der Waals surface area contributed by atoms with Gasteiger partial charge in [0, 0.05) is 29.2 Å². The van der Waals surface area contributed by atoms with Gasteiger partial charge in [0.1, 0.15) is 0 Å². The van der Waals surface area contributed by atoms with Gasteiger partial charge < -0.3 is 16.8 Å². The van der Waals surface area contributed by atoms with E-state index in [4.69, 9.17) is 11.5 Å². The first-order chi connectivity index (χ1) is 13.1. The molecule has 2 aromatic heterocycles. The molecule has 0 aliphatic rings. The first-order valence-corrected chi connectivity index (χ1v) is 8.28. The van der Waals surface area contributed by atoms with Gasteiger partial charge in [0.15, 0.2) is 0 Å². The van der Waals surface area contributed by atoms with Gasteiger partial charge in [-0.1, -0.05) is 0 Å². The van der Waals surface area contributed by atoms with Gasteiger partial charge >= 0.3 is 6.18 Å². The number of rotatable bonds is 4. The summed E-state index contributed by atoms with van der Waals surface area (Å²) < 4.78 is 40.5. The molecule has 0 atom stereocenters. The van der Waals surface area contributed by atoms with Gasteiger partial charge in [0.25, 0.3) is 5.78 Å². The van der Waals surface area contributed by atoms with Crippen LogP contribution < -0.4 is 16.8 Å². The van der Waals surface area contributed by atoms with E-state index in [1.54, 1.807) is 13.8 Å². The molecule has 3 aromatic rings. The van der Waals surface area contributed by atoms with Gasteiger partial charge in [-0.25, -0.2) is 4.98 Å². The van der Waals surface area contributed by atoms with Gasteiger partial charge in [0.2, 0.25) is 11.9 Å². The Hall–Kier alpha value is -3.21. The van der Waals surface area contributed by atoms with Crippen molar-refractivity contribution in [3.05, 3.63) is 46.3 Å². The number of nitrogens with two attached hydrogens (primary N) is 2. The third kappa shape index (κ3) is 3.88. The van der Waals surface area contributed by atoms with Crippen LogP contribution in [0.5, 0.6) is 0 Å². The highest BCUT2D eigenvalue weighted by atomic mass is 19.4. The van der Waals surface area contributed by atoms with E-state index < -0.39 is 17.6 Å². The number of nitrogen functional groups attached to an aromatic ring is 1. The van der Waals surface area contributed by atoms with Crippen molar-refractivity contribution in [2.24, 2.45) is 5.73 Å². The van der Waals surface area contributed by atoms with Crippen molar-refractivity contribution >= 4 is 23.3 Å². The van der Waals surface area contributed by atoms with Crippen LogP contribution in [0.4, 0.5) is 24.8 Å². The van der Waals surface area contributed by atoms with E-state index in [0.717, 1.165) is 12.1 Å². The van der Waals surface area contributed by atoms with Crippen molar-refractivity contribution in [2.45, 2.75) is 33.0 Å². The number of nitrogens with one attached hydrogen (secondary N) is 1. The number of alkyl halides is 3. The third-order valence-electron chi connectivity index (χ3n) is 4.24. The minimum atomic E-state index is -4.54. The van der Waals surface area contributed by atoms with Crippen molar-refractivity contribution in [3.8, 4) is 0 Å². The smallest absolute Gasteiger partial charge is 0.366 e. The van der Waals surface area contributed by atoms with Crippen LogP contribution >= 0.6 is 0 Å². The third-order valence-corrected chi connectivity index (χ3v) is 4.24. The number of carbonyl (C=O) groups excluding carboxylic acids is 1. The second-order valence-electron chi connectivity index (χ2n) is 6.29. The van der Waals surface area contributed by atoms with E-state index in [1.165, 1.54) is 10.6 Å². The number of amides is 1. The number of hydrogen-bond donors (Lipinski definition) is 3. The molecule has 3 rings (SSSR count). The number of aryl methyl sites for hydroxylation is 2. The summed E-state index contributed by atoms with van der Waals surface area (Å²) in [6.07, 6.45) is -4.64. The second-order valence-corrected chi connectivity index (χ2v) is 6.29. The summed E-state index contributed by atoms with van der Waals surface area (Å²) in [7, 11) is 0. The van der Waals surface area contributed by atoms with Crippen molar-refractivity contribution in [1.29, 1.82) is 0 Å². The molecule has 0 saturated carbocycles. The van der Waals surface area contributed by atoms with Crippen LogP contribution in [0.15, 0.2) is 18.2 Å². The SMILES string of the molecule is Cc1nc2nc(N)nn2c(C)c1CC(=O)Nc1cc(CN)cc(C(F)(F)F)c1. The standard InChI is InChI=1S/C17H18F3N7O/c1-8-13(9(2)27-16(23-8)25-15(22)26-27)6-14(28)24-12-4-10(7-21)3-11(5-12)17(18,19)20/h3-5H,6-7,21H2,1-2H3,(H2,22,26)(H,24,28). The van der Waals surface area contributed by atoms with E-state index in [1.807, 2.05) is 0 Å². The van der Waals surface area contributed by atoms with E-state index in [9.17, 15) is 18.0 Å². The zero-order valence-corrected chi connectivity index (χ0v) is 15.1. The zero-order chi connectivity index (χ0) is 20.6. The van der Waals surface area contributed by atoms with E-state index in [-0.39, 0.29) is 30.2 Å². The largest absolute Gasteiger partial charge is 0.416 e. The number of carbonyl (C=O) groups is 1. The highest BCUT2D eigenvalue weighted by Crippen LogP contribution is 2.32. The molecule has 2 heterocycles. The van der Waals surface area contributed by atoms with Gasteiger partial charge in [-0.05, 0) is 37.6 Å². The molecular weight excluding hydrogens is 375 g/mol. The normalized spacial score (nSPS) is 11.8.